The van der Waals surface area contributed by atoms with Crippen molar-refractivity contribution in [2.45, 2.75) is 46.1 Å². The molecule has 3 amide bonds. The SMILES string of the molecule is CC(=O)c1cccc(NC(=O)COC(=O)[C@H](C(C)C)N2C(=O)[C@@H]3[C@H]4CC[C@@H](C4)[C@@H]3C2=O)c1. The molecule has 0 radical (unpaired) electrons. The maximum Gasteiger partial charge on any atom is 0.330 e. The van der Waals surface area contributed by atoms with Crippen LogP contribution in [0.2, 0.25) is 0 Å². The molecule has 1 heterocycles. The van der Waals surface area contributed by atoms with Crippen molar-refractivity contribution in [2.75, 3.05) is 11.9 Å². The Morgan fingerprint density at radius 2 is 1.72 bits per heavy atom. The second kappa shape index (κ2) is 8.48. The van der Waals surface area contributed by atoms with Crippen molar-refractivity contribution in [3.63, 3.8) is 0 Å². The van der Waals surface area contributed by atoms with Crippen LogP contribution in [0.1, 0.15) is 50.4 Å². The zero-order valence-electron chi connectivity index (χ0n) is 18.5. The molecule has 1 aromatic carbocycles. The number of ketones is 1. The number of fused-ring (bicyclic) bond motifs is 5. The van der Waals surface area contributed by atoms with Gasteiger partial charge in [0.1, 0.15) is 6.04 Å². The minimum atomic E-state index is -1.05. The number of hydrogen-bond donors (Lipinski definition) is 1. The van der Waals surface area contributed by atoms with E-state index in [2.05, 4.69) is 5.32 Å². The number of Topliss-reactive ketones (excluding diaryl/α,β-unsaturated/α-hetero) is 1. The molecule has 2 bridgehead atoms. The van der Waals surface area contributed by atoms with Gasteiger partial charge in [0.25, 0.3) is 5.91 Å². The van der Waals surface area contributed by atoms with Crippen LogP contribution in [0, 0.1) is 29.6 Å². The smallest absolute Gasteiger partial charge is 0.330 e. The number of nitrogens with zero attached hydrogens (tertiary/aromatic N) is 1. The van der Waals surface area contributed by atoms with E-state index >= 15 is 0 Å². The first-order valence-corrected chi connectivity index (χ1v) is 11.1. The number of esters is 1. The predicted octanol–water partition coefficient (Wildman–Crippen LogP) is 2.43. The molecule has 8 heteroatoms. The molecule has 3 fully saturated rings. The van der Waals surface area contributed by atoms with Gasteiger partial charge in [0.05, 0.1) is 11.8 Å². The molecule has 2 aliphatic carbocycles. The Morgan fingerprint density at radius 3 is 2.28 bits per heavy atom. The van der Waals surface area contributed by atoms with Crippen molar-refractivity contribution < 1.29 is 28.7 Å². The van der Waals surface area contributed by atoms with E-state index < -0.39 is 24.5 Å². The summed E-state index contributed by atoms with van der Waals surface area (Å²) in [6.07, 6.45) is 2.84. The maximum atomic E-state index is 13.1. The van der Waals surface area contributed by atoms with Gasteiger partial charge in [0.2, 0.25) is 11.8 Å². The van der Waals surface area contributed by atoms with Gasteiger partial charge in [-0.25, -0.2) is 4.79 Å². The predicted molar refractivity (Wildman–Crippen MR) is 114 cm³/mol. The summed E-state index contributed by atoms with van der Waals surface area (Å²) in [7, 11) is 0. The second-order valence-corrected chi connectivity index (χ2v) is 9.41. The van der Waals surface area contributed by atoms with Gasteiger partial charge >= 0.3 is 5.97 Å². The normalized spacial score (nSPS) is 26.9. The molecule has 0 aromatic heterocycles. The number of imide groups is 1. The third kappa shape index (κ3) is 3.82. The highest BCUT2D eigenvalue weighted by Gasteiger charge is 2.62. The Bertz CT molecular complexity index is 958. The summed E-state index contributed by atoms with van der Waals surface area (Å²) in [6, 6.07) is 5.39. The van der Waals surface area contributed by atoms with Crippen LogP contribution >= 0.6 is 0 Å². The quantitative estimate of drug-likeness (QED) is 0.396. The van der Waals surface area contributed by atoms with Crippen LogP contribution in [-0.2, 0) is 23.9 Å². The van der Waals surface area contributed by atoms with Gasteiger partial charge in [0, 0.05) is 11.3 Å². The minimum Gasteiger partial charge on any atom is -0.454 e. The highest BCUT2D eigenvalue weighted by molar-refractivity contribution is 6.09. The van der Waals surface area contributed by atoms with Gasteiger partial charge in [-0.3, -0.25) is 24.1 Å². The van der Waals surface area contributed by atoms with Gasteiger partial charge in [0.15, 0.2) is 12.4 Å². The largest absolute Gasteiger partial charge is 0.454 e. The first-order valence-electron chi connectivity index (χ1n) is 11.1. The van der Waals surface area contributed by atoms with Crippen molar-refractivity contribution in [1.82, 2.24) is 4.90 Å². The van der Waals surface area contributed by atoms with E-state index in [1.54, 1.807) is 32.0 Å². The first kappa shape index (κ1) is 22.2. The number of likely N-dealkylation sites (tertiary alicyclic amines) is 1. The van der Waals surface area contributed by atoms with E-state index in [0.29, 0.717) is 11.3 Å². The van der Waals surface area contributed by atoms with Crippen LogP contribution in [0.5, 0.6) is 0 Å². The maximum absolute atomic E-state index is 13.1. The van der Waals surface area contributed by atoms with Gasteiger partial charge in [-0.1, -0.05) is 26.0 Å². The van der Waals surface area contributed by atoms with Crippen molar-refractivity contribution in [2.24, 2.45) is 29.6 Å². The molecule has 170 valence electrons. The molecule has 4 rings (SSSR count). The van der Waals surface area contributed by atoms with E-state index in [-0.39, 0.29) is 47.2 Å². The molecule has 1 aromatic rings. The van der Waals surface area contributed by atoms with Gasteiger partial charge in [-0.2, -0.15) is 0 Å². The van der Waals surface area contributed by atoms with Crippen molar-refractivity contribution in [3.8, 4) is 0 Å². The minimum absolute atomic E-state index is 0.134. The summed E-state index contributed by atoms with van der Waals surface area (Å²) in [4.78, 5) is 63.9. The number of benzene rings is 1. The van der Waals surface area contributed by atoms with Gasteiger partial charge < -0.3 is 10.1 Å². The van der Waals surface area contributed by atoms with Gasteiger partial charge in [-0.15, -0.1) is 0 Å². The number of hydrogen-bond acceptors (Lipinski definition) is 6. The Kier molecular flexibility index (Phi) is 5.88. The molecule has 1 N–H and O–H groups in total. The van der Waals surface area contributed by atoms with Crippen LogP contribution in [0.25, 0.3) is 0 Å². The van der Waals surface area contributed by atoms with Crippen molar-refractivity contribution in [1.29, 1.82) is 0 Å². The average Bonchev–Trinajstić information content (AvgIpc) is 3.42. The summed E-state index contributed by atoms with van der Waals surface area (Å²) < 4.78 is 5.21. The van der Waals surface area contributed by atoms with E-state index in [1.165, 1.54) is 13.0 Å². The number of nitrogens with one attached hydrogen (secondary N) is 1. The third-order valence-corrected chi connectivity index (χ3v) is 7.01. The Morgan fingerprint density at radius 1 is 1.09 bits per heavy atom. The van der Waals surface area contributed by atoms with E-state index in [1.807, 2.05) is 0 Å². The molecule has 8 nitrogen and oxygen atoms in total. The van der Waals surface area contributed by atoms with Crippen molar-refractivity contribution in [3.05, 3.63) is 29.8 Å². The summed E-state index contributed by atoms with van der Waals surface area (Å²) in [5, 5.41) is 2.58. The molecule has 2 saturated carbocycles. The number of ether oxygens (including phenoxy) is 1. The summed E-state index contributed by atoms with van der Waals surface area (Å²) in [6.45, 7) is 4.38. The van der Waals surface area contributed by atoms with Crippen LogP contribution in [0.3, 0.4) is 0 Å². The van der Waals surface area contributed by atoms with E-state index in [4.69, 9.17) is 4.74 Å². The standard InChI is InChI=1S/C24H28N2O6/c1-12(2)21(26-22(29)19-15-7-8-16(9-15)20(19)23(26)30)24(31)32-11-18(28)25-17-6-4-5-14(10-17)13(3)27/h4-6,10,12,15-16,19-21H,7-9,11H2,1-3H3,(H,25,28)/t15-,16-,19-,20+,21-/m0/s1. The van der Waals surface area contributed by atoms with Crippen LogP contribution in [0.15, 0.2) is 24.3 Å². The average molecular weight is 440 g/mol. The second-order valence-electron chi connectivity index (χ2n) is 9.41. The fourth-order valence-electron chi connectivity index (χ4n) is 5.62. The first-order chi connectivity index (χ1) is 15.2. The van der Waals surface area contributed by atoms with E-state index in [9.17, 15) is 24.0 Å². The zero-order chi connectivity index (χ0) is 23.2. The highest BCUT2D eigenvalue weighted by Crippen LogP contribution is 2.56. The van der Waals surface area contributed by atoms with Gasteiger partial charge in [-0.05, 0) is 56.1 Å². The topological polar surface area (TPSA) is 110 Å². The zero-order valence-corrected chi connectivity index (χ0v) is 18.5. The summed E-state index contributed by atoms with van der Waals surface area (Å²) >= 11 is 0. The number of carbonyl (C=O) groups excluding carboxylic acids is 5. The Balaban J connectivity index is 1.40. The lowest BCUT2D eigenvalue weighted by Crippen LogP contribution is -2.50. The molecule has 1 saturated heterocycles. The molecule has 1 aliphatic heterocycles. The summed E-state index contributed by atoms with van der Waals surface area (Å²) in [5.41, 5.74) is 0.859. The molecular weight excluding hydrogens is 412 g/mol. The lowest BCUT2D eigenvalue weighted by atomic mass is 9.81. The Hall–Kier alpha value is -3.03. The highest BCUT2D eigenvalue weighted by atomic mass is 16.5. The molecule has 3 aliphatic rings. The number of rotatable bonds is 7. The van der Waals surface area contributed by atoms with Crippen molar-refractivity contribution >= 4 is 35.2 Å². The number of carbonyl (C=O) groups is 5. The number of anilines is 1. The lowest BCUT2D eigenvalue weighted by molar-refractivity contribution is -0.162. The fourth-order valence-corrected chi connectivity index (χ4v) is 5.62. The fraction of sp³-hybridized carbons (Fsp3) is 0.542. The summed E-state index contributed by atoms with van der Waals surface area (Å²) in [5.74, 6) is -2.52. The van der Waals surface area contributed by atoms with Crippen LogP contribution < -0.4 is 5.32 Å². The monoisotopic (exact) mass is 440 g/mol. The Labute approximate surface area is 186 Å². The molecule has 0 unspecified atom stereocenters. The van der Waals surface area contributed by atoms with E-state index in [0.717, 1.165) is 24.2 Å². The molecule has 32 heavy (non-hydrogen) atoms. The molecule has 0 spiro atoms. The van der Waals surface area contributed by atoms with Crippen LogP contribution in [0.4, 0.5) is 5.69 Å². The third-order valence-electron chi connectivity index (χ3n) is 7.01. The molecule has 5 atom stereocenters. The number of amides is 3. The van der Waals surface area contributed by atoms with Crippen LogP contribution in [-0.4, -0.2) is 47.0 Å². The lowest BCUT2D eigenvalue weighted by Gasteiger charge is -2.28. The molecular formula is C24H28N2O6.